The van der Waals surface area contributed by atoms with Crippen molar-refractivity contribution in [1.82, 2.24) is 0 Å². The van der Waals surface area contributed by atoms with Gasteiger partial charge < -0.3 is 10.6 Å². The lowest BCUT2D eigenvalue weighted by atomic mass is 10.1. The molecule has 1 rings (SSSR count). The van der Waals surface area contributed by atoms with Crippen LogP contribution in [0.3, 0.4) is 0 Å². The standard InChI is InChI=1S/C14H23BrN2/c1-10(2)8-17(9-11(3)4)14-6-5-12(16)7-13(14)15/h5-7,10-11H,8-9,16H2,1-4H3. The number of anilines is 2. The first kappa shape index (κ1) is 14.4. The monoisotopic (exact) mass is 298 g/mol. The van der Waals surface area contributed by atoms with E-state index >= 15 is 0 Å². The summed E-state index contributed by atoms with van der Waals surface area (Å²) in [4.78, 5) is 2.43. The van der Waals surface area contributed by atoms with Crippen molar-refractivity contribution < 1.29 is 0 Å². The second-order valence-corrected chi connectivity index (χ2v) is 6.26. The van der Waals surface area contributed by atoms with Gasteiger partial charge in [-0.2, -0.15) is 0 Å². The predicted molar refractivity (Wildman–Crippen MR) is 80.4 cm³/mol. The first-order valence-corrected chi connectivity index (χ1v) is 6.99. The van der Waals surface area contributed by atoms with E-state index in [1.54, 1.807) is 0 Å². The molecule has 0 spiro atoms. The molecule has 2 N–H and O–H groups in total. The van der Waals surface area contributed by atoms with Crippen molar-refractivity contribution in [2.24, 2.45) is 11.8 Å². The van der Waals surface area contributed by atoms with Gasteiger partial charge in [0.2, 0.25) is 0 Å². The normalized spacial score (nSPS) is 11.2. The van der Waals surface area contributed by atoms with Crippen molar-refractivity contribution in [3.05, 3.63) is 22.7 Å². The lowest BCUT2D eigenvalue weighted by molar-refractivity contribution is 0.552. The first-order valence-electron chi connectivity index (χ1n) is 6.20. The van der Waals surface area contributed by atoms with Gasteiger partial charge in [-0.05, 0) is 46.0 Å². The fraction of sp³-hybridized carbons (Fsp3) is 0.571. The van der Waals surface area contributed by atoms with Crippen LogP contribution in [0, 0.1) is 11.8 Å². The van der Waals surface area contributed by atoms with Crippen molar-refractivity contribution in [3.8, 4) is 0 Å². The Hall–Kier alpha value is -0.700. The van der Waals surface area contributed by atoms with Gasteiger partial charge in [-0.3, -0.25) is 0 Å². The van der Waals surface area contributed by atoms with E-state index in [-0.39, 0.29) is 0 Å². The molecule has 3 heteroatoms. The van der Waals surface area contributed by atoms with Crippen molar-refractivity contribution in [2.45, 2.75) is 27.7 Å². The SMILES string of the molecule is CC(C)CN(CC(C)C)c1ccc(N)cc1Br. The molecule has 0 fully saturated rings. The quantitative estimate of drug-likeness (QED) is 0.828. The van der Waals surface area contributed by atoms with Crippen LogP contribution in [0.1, 0.15) is 27.7 Å². The highest BCUT2D eigenvalue weighted by Crippen LogP contribution is 2.29. The predicted octanol–water partition coefficient (Wildman–Crippen LogP) is 4.15. The van der Waals surface area contributed by atoms with Crippen LogP contribution in [0.25, 0.3) is 0 Å². The Kier molecular flexibility index (Phi) is 5.31. The van der Waals surface area contributed by atoms with Gasteiger partial charge in [0.05, 0.1) is 5.69 Å². The molecule has 1 aromatic carbocycles. The van der Waals surface area contributed by atoms with Gasteiger partial charge in [0.15, 0.2) is 0 Å². The van der Waals surface area contributed by atoms with Gasteiger partial charge in [-0.1, -0.05) is 27.7 Å². The minimum atomic E-state index is 0.651. The van der Waals surface area contributed by atoms with Crippen LogP contribution < -0.4 is 10.6 Å². The molecule has 0 aromatic heterocycles. The van der Waals surface area contributed by atoms with Crippen LogP contribution in [0.4, 0.5) is 11.4 Å². The Morgan fingerprint density at radius 3 is 2.06 bits per heavy atom. The Morgan fingerprint density at radius 2 is 1.65 bits per heavy atom. The van der Waals surface area contributed by atoms with E-state index in [0.29, 0.717) is 11.8 Å². The van der Waals surface area contributed by atoms with Crippen LogP contribution >= 0.6 is 15.9 Å². The van der Waals surface area contributed by atoms with E-state index in [2.05, 4.69) is 54.6 Å². The summed E-state index contributed by atoms with van der Waals surface area (Å²) in [6.45, 7) is 11.1. The Balaban J connectivity index is 2.95. The van der Waals surface area contributed by atoms with E-state index in [1.165, 1.54) is 5.69 Å². The Morgan fingerprint density at radius 1 is 1.12 bits per heavy atom. The van der Waals surface area contributed by atoms with Crippen LogP contribution in [-0.2, 0) is 0 Å². The summed E-state index contributed by atoms with van der Waals surface area (Å²) < 4.78 is 1.08. The Labute approximate surface area is 113 Å². The maximum Gasteiger partial charge on any atom is 0.0512 e. The molecule has 0 saturated carbocycles. The van der Waals surface area contributed by atoms with Gasteiger partial charge in [-0.25, -0.2) is 0 Å². The number of rotatable bonds is 5. The molecule has 0 bridgehead atoms. The molecule has 96 valence electrons. The second kappa shape index (κ2) is 6.29. The molecule has 0 aliphatic rings. The Bertz CT molecular complexity index is 351. The largest absolute Gasteiger partial charge is 0.399 e. The highest BCUT2D eigenvalue weighted by molar-refractivity contribution is 9.10. The van der Waals surface area contributed by atoms with Gasteiger partial charge >= 0.3 is 0 Å². The third-order valence-electron chi connectivity index (χ3n) is 2.48. The average molecular weight is 299 g/mol. The molecule has 1 aromatic rings. The van der Waals surface area contributed by atoms with E-state index in [1.807, 2.05) is 12.1 Å². The lowest BCUT2D eigenvalue weighted by Crippen LogP contribution is -2.31. The number of nitrogen functional groups attached to an aromatic ring is 1. The summed E-state index contributed by atoms with van der Waals surface area (Å²) in [7, 11) is 0. The summed E-state index contributed by atoms with van der Waals surface area (Å²) in [6, 6.07) is 6.04. The van der Waals surface area contributed by atoms with E-state index in [0.717, 1.165) is 23.2 Å². The average Bonchev–Trinajstić information content (AvgIpc) is 2.14. The van der Waals surface area contributed by atoms with Crippen molar-refractivity contribution in [1.29, 1.82) is 0 Å². The molecule has 0 unspecified atom stereocenters. The van der Waals surface area contributed by atoms with Crippen LogP contribution in [0.2, 0.25) is 0 Å². The number of nitrogens with two attached hydrogens (primary N) is 1. The summed E-state index contributed by atoms with van der Waals surface area (Å²) in [5.74, 6) is 1.30. The molecule has 0 amide bonds. The smallest absolute Gasteiger partial charge is 0.0512 e. The first-order chi connectivity index (χ1) is 7.90. The fourth-order valence-electron chi connectivity index (χ4n) is 1.93. The third kappa shape index (κ3) is 4.58. The molecular formula is C14H23BrN2. The number of halogens is 1. The summed E-state index contributed by atoms with van der Waals surface area (Å²) >= 11 is 3.61. The number of hydrogen-bond donors (Lipinski definition) is 1. The zero-order valence-electron chi connectivity index (χ0n) is 11.2. The molecule has 0 atom stereocenters. The molecule has 0 radical (unpaired) electrons. The second-order valence-electron chi connectivity index (χ2n) is 5.40. The van der Waals surface area contributed by atoms with Gasteiger partial charge in [0, 0.05) is 23.2 Å². The summed E-state index contributed by atoms with van der Waals surface area (Å²) in [5, 5.41) is 0. The zero-order chi connectivity index (χ0) is 13.0. The number of nitrogens with zero attached hydrogens (tertiary/aromatic N) is 1. The highest BCUT2D eigenvalue weighted by atomic mass is 79.9. The van der Waals surface area contributed by atoms with Gasteiger partial charge in [-0.15, -0.1) is 0 Å². The molecule has 0 saturated heterocycles. The zero-order valence-corrected chi connectivity index (χ0v) is 12.8. The highest BCUT2D eigenvalue weighted by Gasteiger charge is 2.13. The van der Waals surface area contributed by atoms with E-state index in [4.69, 9.17) is 5.73 Å². The molecule has 2 nitrogen and oxygen atoms in total. The molecular weight excluding hydrogens is 276 g/mol. The van der Waals surface area contributed by atoms with Crippen LogP contribution in [0.15, 0.2) is 22.7 Å². The maximum atomic E-state index is 5.78. The van der Waals surface area contributed by atoms with Gasteiger partial charge in [0.1, 0.15) is 0 Å². The molecule has 0 aliphatic heterocycles. The van der Waals surface area contributed by atoms with Crippen molar-refractivity contribution in [2.75, 3.05) is 23.7 Å². The molecule has 0 aliphatic carbocycles. The summed E-state index contributed by atoms with van der Waals surface area (Å²) in [5.41, 5.74) is 7.82. The summed E-state index contributed by atoms with van der Waals surface area (Å²) in [6.07, 6.45) is 0. The van der Waals surface area contributed by atoms with Crippen molar-refractivity contribution >= 4 is 27.3 Å². The third-order valence-corrected chi connectivity index (χ3v) is 3.12. The van der Waals surface area contributed by atoms with Crippen LogP contribution in [0.5, 0.6) is 0 Å². The number of hydrogen-bond acceptors (Lipinski definition) is 2. The fourth-order valence-corrected chi connectivity index (χ4v) is 2.58. The van der Waals surface area contributed by atoms with Gasteiger partial charge in [0.25, 0.3) is 0 Å². The minimum absolute atomic E-state index is 0.651. The molecule has 17 heavy (non-hydrogen) atoms. The van der Waals surface area contributed by atoms with E-state index in [9.17, 15) is 0 Å². The van der Waals surface area contributed by atoms with Crippen LogP contribution in [-0.4, -0.2) is 13.1 Å². The lowest BCUT2D eigenvalue weighted by Gasteiger charge is -2.29. The maximum absolute atomic E-state index is 5.78. The van der Waals surface area contributed by atoms with Crippen molar-refractivity contribution in [3.63, 3.8) is 0 Å². The topological polar surface area (TPSA) is 29.3 Å². The van der Waals surface area contributed by atoms with E-state index < -0.39 is 0 Å². The molecule has 0 heterocycles. The minimum Gasteiger partial charge on any atom is -0.399 e. The number of benzene rings is 1.